The predicted octanol–water partition coefficient (Wildman–Crippen LogP) is 5.06. The van der Waals surface area contributed by atoms with Gasteiger partial charge < -0.3 is 19.5 Å². The molecular weight excluding hydrogens is 474 g/mol. The lowest BCUT2D eigenvalue weighted by Crippen LogP contribution is -2.67. The van der Waals surface area contributed by atoms with E-state index in [1.54, 1.807) is 16.9 Å². The number of aromatic amines is 1. The van der Waals surface area contributed by atoms with Crippen molar-refractivity contribution in [1.82, 2.24) is 14.8 Å². The SMILES string of the molecule is COc1ccc(CN2CC(=O)N3C[C@@H](c4ccc(Cl)cc4)c4c([nH]c5ccccc45)[C@@]3(C)C2=O)cc1. The summed E-state index contributed by atoms with van der Waals surface area (Å²) in [6.45, 7) is 2.70. The monoisotopic (exact) mass is 499 g/mol. The number of nitrogens with one attached hydrogen (secondary N) is 1. The Morgan fingerprint density at radius 2 is 1.75 bits per heavy atom. The predicted molar refractivity (Wildman–Crippen MR) is 139 cm³/mol. The summed E-state index contributed by atoms with van der Waals surface area (Å²) in [5.74, 6) is 0.529. The molecule has 182 valence electrons. The van der Waals surface area contributed by atoms with Crippen LogP contribution >= 0.6 is 11.6 Å². The number of amides is 2. The van der Waals surface area contributed by atoms with Gasteiger partial charge in [-0.15, -0.1) is 0 Å². The number of piperazine rings is 1. The van der Waals surface area contributed by atoms with E-state index in [1.165, 1.54) is 0 Å². The number of para-hydroxylation sites is 1. The van der Waals surface area contributed by atoms with Crippen molar-refractivity contribution in [2.45, 2.75) is 24.9 Å². The zero-order valence-corrected chi connectivity index (χ0v) is 20.9. The summed E-state index contributed by atoms with van der Waals surface area (Å²) < 4.78 is 5.25. The number of carbonyl (C=O) groups is 2. The molecule has 6 rings (SSSR count). The van der Waals surface area contributed by atoms with Crippen molar-refractivity contribution < 1.29 is 14.3 Å². The maximum Gasteiger partial charge on any atom is 0.255 e. The summed E-state index contributed by atoms with van der Waals surface area (Å²) in [6, 6.07) is 23.4. The van der Waals surface area contributed by atoms with Gasteiger partial charge in [-0.25, -0.2) is 0 Å². The molecule has 2 aliphatic rings. The number of nitrogens with zero attached hydrogens (tertiary/aromatic N) is 2. The van der Waals surface area contributed by atoms with E-state index in [1.807, 2.05) is 73.7 Å². The number of aromatic nitrogens is 1. The first kappa shape index (κ1) is 22.7. The molecule has 36 heavy (non-hydrogen) atoms. The molecule has 3 heterocycles. The van der Waals surface area contributed by atoms with Crippen LogP contribution in [0.1, 0.15) is 35.2 Å². The lowest BCUT2D eigenvalue weighted by Gasteiger charge is -2.51. The molecule has 1 fully saturated rings. The molecule has 1 aromatic heterocycles. The molecule has 2 amide bonds. The zero-order chi connectivity index (χ0) is 25.0. The second-order valence-corrected chi connectivity index (χ2v) is 10.1. The molecule has 2 aliphatic heterocycles. The van der Waals surface area contributed by atoms with Crippen LogP contribution in [-0.4, -0.2) is 46.8 Å². The molecule has 2 atom stereocenters. The third-order valence-corrected chi connectivity index (χ3v) is 7.87. The number of rotatable bonds is 4. The molecule has 0 aliphatic carbocycles. The van der Waals surface area contributed by atoms with E-state index < -0.39 is 5.54 Å². The van der Waals surface area contributed by atoms with Crippen molar-refractivity contribution in [3.63, 3.8) is 0 Å². The van der Waals surface area contributed by atoms with Gasteiger partial charge in [0.1, 0.15) is 12.3 Å². The Balaban J connectivity index is 1.46. The first-order chi connectivity index (χ1) is 17.4. The molecular formula is C29H26ClN3O3. The van der Waals surface area contributed by atoms with E-state index in [-0.39, 0.29) is 24.3 Å². The largest absolute Gasteiger partial charge is 0.497 e. The van der Waals surface area contributed by atoms with Gasteiger partial charge in [0.05, 0.1) is 12.8 Å². The van der Waals surface area contributed by atoms with Gasteiger partial charge in [-0.2, -0.15) is 0 Å². The second-order valence-electron chi connectivity index (χ2n) is 9.65. The highest BCUT2D eigenvalue weighted by molar-refractivity contribution is 6.30. The van der Waals surface area contributed by atoms with Crippen molar-refractivity contribution in [2.75, 3.05) is 20.2 Å². The molecule has 0 unspecified atom stereocenters. The van der Waals surface area contributed by atoms with Gasteiger partial charge in [-0.1, -0.05) is 54.1 Å². The molecule has 7 heteroatoms. The van der Waals surface area contributed by atoms with E-state index in [0.29, 0.717) is 18.1 Å². The van der Waals surface area contributed by atoms with Crippen LogP contribution < -0.4 is 4.74 Å². The molecule has 0 saturated carbocycles. The Bertz CT molecular complexity index is 1480. The number of methoxy groups -OCH3 is 1. The Hall–Kier alpha value is -3.77. The van der Waals surface area contributed by atoms with Crippen LogP contribution in [0.15, 0.2) is 72.8 Å². The first-order valence-corrected chi connectivity index (χ1v) is 12.4. The van der Waals surface area contributed by atoms with E-state index in [4.69, 9.17) is 16.3 Å². The van der Waals surface area contributed by atoms with Crippen LogP contribution in [0.25, 0.3) is 10.9 Å². The van der Waals surface area contributed by atoms with Gasteiger partial charge in [0.15, 0.2) is 5.54 Å². The summed E-state index contributed by atoms with van der Waals surface area (Å²) in [7, 11) is 1.62. The third kappa shape index (κ3) is 3.39. The average molecular weight is 500 g/mol. The van der Waals surface area contributed by atoms with Crippen LogP contribution in [-0.2, 0) is 21.7 Å². The molecule has 0 bridgehead atoms. The van der Waals surface area contributed by atoms with Crippen LogP contribution in [0, 0.1) is 0 Å². The summed E-state index contributed by atoms with van der Waals surface area (Å²) >= 11 is 6.17. The van der Waals surface area contributed by atoms with Crippen molar-refractivity contribution in [1.29, 1.82) is 0 Å². The van der Waals surface area contributed by atoms with Gasteiger partial charge in [-0.05, 0) is 53.9 Å². The van der Waals surface area contributed by atoms with Crippen molar-refractivity contribution in [3.8, 4) is 5.75 Å². The minimum absolute atomic E-state index is 0.0450. The van der Waals surface area contributed by atoms with Gasteiger partial charge in [0.2, 0.25) is 5.91 Å². The van der Waals surface area contributed by atoms with E-state index in [2.05, 4.69) is 11.1 Å². The van der Waals surface area contributed by atoms with Gasteiger partial charge in [0, 0.05) is 34.9 Å². The molecule has 1 saturated heterocycles. The fraction of sp³-hybridized carbons (Fsp3) is 0.241. The van der Waals surface area contributed by atoms with E-state index in [0.717, 1.165) is 39.0 Å². The van der Waals surface area contributed by atoms with Gasteiger partial charge in [0.25, 0.3) is 5.91 Å². The van der Waals surface area contributed by atoms with Crippen molar-refractivity contribution in [2.24, 2.45) is 0 Å². The average Bonchev–Trinajstić information content (AvgIpc) is 3.29. The summed E-state index contributed by atoms with van der Waals surface area (Å²) in [5, 5.41) is 1.73. The minimum atomic E-state index is -1.13. The number of hydrogen-bond acceptors (Lipinski definition) is 3. The summed E-state index contributed by atoms with van der Waals surface area (Å²) in [5.41, 5.74) is 3.69. The number of benzene rings is 3. The van der Waals surface area contributed by atoms with Crippen molar-refractivity contribution in [3.05, 3.63) is 100 Å². The molecule has 6 nitrogen and oxygen atoms in total. The fourth-order valence-electron chi connectivity index (χ4n) is 5.75. The fourth-order valence-corrected chi connectivity index (χ4v) is 5.88. The smallest absolute Gasteiger partial charge is 0.255 e. The molecule has 1 N–H and O–H groups in total. The zero-order valence-electron chi connectivity index (χ0n) is 20.1. The first-order valence-electron chi connectivity index (χ1n) is 12.0. The third-order valence-electron chi connectivity index (χ3n) is 7.62. The maximum atomic E-state index is 14.2. The Morgan fingerprint density at radius 3 is 2.47 bits per heavy atom. The lowest BCUT2D eigenvalue weighted by atomic mass is 9.76. The molecule has 0 spiro atoms. The summed E-state index contributed by atoms with van der Waals surface area (Å²) in [4.78, 5) is 34.7. The number of hydrogen-bond donors (Lipinski definition) is 1. The van der Waals surface area contributed by atoms with Crippen LogP contribution in [0.3, 0.4) is 0 Å². The normalized spacial score (nSPS) is 21.5. The molecule has 4 aromatic rings. The second kappa shape index (κ2) is 8.42. The highest BCUT2D eigenvalue weighted by atomic mass is 35.5. The van der Waals surface area contributed by atoms with Crippen LogP contribution in [0.5, 0.6) is 5.75 Å². The number of carbonyl (C=O) groups excluding carboxylic acids is 2. The van der Waals surface area contributed by atoms with Crippen LogP contribution in [0.4, 0.5) is 0 Å². The number of fused-ring (bicyclic) bond motifs is 5. The topological polar surface area (TPSA) is 65.6 Å². The number of ether oxygens (including phenoxy) is 1. The highest BCUT2D eigenvalue weighted by Crippen LogP contribution is 2.48. The number of H-pyrrole nitrogens is 1. The van der Waals surface area contributed by atoms with Crippen molar-refractivity contribution >= 4 is 34.3 Å². The molecule has 0 radical (unpaired) electrons. The van der Waals surface area contributed by atoms with Gasteiger partial charge >= 0.3 is 0 Å². The Morgan fingerprint density at radius 1 is 1.03 bits per heavy atom. The number of halogens is 1. The standard InChI is InChI=1S/C29H26ClN3O3/c1-29-27-26(22-5-3-4-6-24(22)31-27)23(19-9-11-20(30)12-10-19)16-33(29)25(34)17-32(28(29)35)15-18-7-13-21(36-2)14-8-18/h3-14,23,31H,15-17H2,1-2H3/t23-,29-/m0/s1. The quantitative estimate of drug-likeness (QED) is 0.427. The van der Waals surface area contributed by atoms with E-state index in [9.17, 15) is 9.59 Å². The molecule has 3 aromatic carbocycles. The summed E-state index contributed by atoms with van der Waals surface area (Å²) in [6.07, 6.45) is 0. The Labute approximate surface area is 214 Å². The maximum absolute atomic E-state index is 14.2. The Kier molecular flexibility index (Phi) is 5.30. The highest BCUT2D eigenvalue weighted by Gasteiger charge is 2.56. The minimum Gasteiger partial charge on any atom is -0.497 e. The van der Waals surface area contributed by atoms with Gasteiger partial charge in [-0.3, -0.25) is 9.59 Å². The van der Waals surface area contributed by atoms with Crippen LogP contribution in [0.2, 0.25) is 5.02 Å². The van der Waals surface area contributed by atoms with E-state index >= 15 is 0 Å². The lowest BCUT2D eigenvalue weighted by molar-refractivity contribution is -0.166.